The predicted octanol–water partition coefficient (Wildman–Crippen LogP) is 3.02. The second-order valence-corrected chi connectivity index (χ2v) is 5.24. The molecule has 0 aliphatic carbocycles. The summed E-state index contributed by atoms with van der Waals surface area (Å²) >= 11 is 0. The molecule has 2 aromatic rings. The fraction of sp³-hybridized carbons (Fsp3) is 0.278. The Morgan fingerprint density at radius 1 is 1.10 bits per heavy atom. The van der Waals surface area contributed by atoms with Gasteiger partial charge in [0, 0.05) is 12.6 Å². The molecule has 0 aromatic heterocycles. The van der Waals surface area contributed by atoms with E-state index in [1.165, 1.54) is 0 Å². The second kappa shape index (κ2) is 7.04. The van der Waals surface area contributed by atoms with Crippen molar-refractivity contribution in [1.29, 1.82) is 0 Å². The standard InChI is InChI=1S/C18H22N2O/c1-14(16-6-4-3-5-7-16)20(2)18(21)17-10-8-15(9-11-17)12-13-19/h3-11,14H,12-13,19H2,1-2H3. The predicted molar refractivity (Wildman–Crippen MR) is 86.2 cm³/mol. The maximum Gasteiger partial charge on any atom is 0.254 e. The fourth-order valence-corrected chi connectivity index (χ4v) is 2.32. The molecule has 110 valence electrons. The second-order valence-electron chi connectivity index (χ2n) is 5.24. The number of nitrogens with zero attached hydrogens (tertiary/aromatic N) is 1. The first-order valence-electron chi connectivity index (χ1n) is 7.24. The van der Waals surface area contributed by atoms with Gasteiger partial charge in [-0.25, -0.2) is 0 Å². The zero-order chi connectivity index (χ0) is 15.2. The van der Waals surface area contributed by atoms with Crippen LogP contribution in [0.25, 0.3) is 0 Å². The van der Waals surface area contributed by atoms with Gasteiger partial charge in [0.15, 0.2) is 0 Å². The molecule has 3 heteroatoms. The van der Waals surface area contributed by atoms with Gasteiger partial charge >= 0.3 is 0 Å². The van der Waals surface area contributed by atoms with Gasteiger partial charge in [-0.15, -0.1) is 0 Å². The maximum absolute atomic E-state index is 12.5. The highest BCUT2D eigenvalue weighted by atomic mass is 16.2. The quantitative estimate of drug-likeness (QED) is 0.916. The summed E-state index contributed by atoms with van der Waals surface area (Å²) in [5.41, 5.74) is 8.54. The van der Waals surface area contributed by atoms with Crippen LogP contribution in [0.4, 0.5) is 0 Å². The maximum atomic E-state index is 12.5. The third-order valence-electron chi connectivity index (χ3n) is 3.82. The zero-order valence-corrected chi connectivity index (χ0v) is 12.6. The van der Waals surface area contributed by atoms with E-state index in [1.807, 2.05) is 68.6 Å². The molecule has 0 saturated heterocycles. The number of hydrogen-bond donors (Lipinski definition) is 1. The van der Waals surface area contributed by atoms with E-state index in [9.17, 15) is 4.79 Å². The lowest BCUT2D eigenvalue weighted by Gasteiger charge is -2.25. The topological polar surface area (TPSA) is 46.3 Å². The minimum absolute atomic E-state index is 0.0330. The Morgan fingerprint density at radius 2 is 1.71 bits per heavy atom. The molecule has 0 saturated carbocycles. The molecule has 1 amide bonds. The lowest BCUT2D eigenvalue weighted by molar-refractivity contribution is 0.0742. The van der Waals surface area contributed by atoms with E-state index >= 15 is 0 Å². The number of carbonyl (C=O) groups is 1. The number of carbonyl (C=O) groups excluding carboxylic acids is 1. The van der Waals surface area contributed by atoms with E-state index in [2.05, 4.69) is 0 Å². The number of hydrogen-bond acceptors (Lipinski definition) is 2. The lowest BCUT2D eigenvalue weighted by atomic mass is 10.1. The summed E-state index contributed by atoms with van der Waals surface area (Å²) in [6.07, 6.45) is 0.838. The van der Waals surface area contributed by atoms with Gasteiger partial charge in [0.25, 0.3) is 5.91 Å². The summed E-state index contributed by atoms with van der Waals surface area (Å²) in [5.74, 6) is 0.0330. The van der Waals surface area contributed by atoms with Crippen molar-refractivity contribution in [2.45, 2.75) is 19.4 Å². The summed E-state index contributed by atoms with van der Waals surface area (Å²) in [6, 6.07) is 17.8. The van der Waals surface area contributed by atoms with Gasteiger partial charge in [0.2, 0.25) is 0 Å². The normalized spacial score (nSPS) is 12.0. The van der Waals surface area contributed by atoms with Crippen LogP contribution in [0.3, 0.4) is 0 Å². The number of amides is 1. The summed E-state index contributed by atoms with van der Waals surface area (Å²) in [4.78, 5) is 14.3. The molecule has 0 fully saturated rings. The summed E-state index contributed by atoms with van der Waals surface area (Å²) < 4.78 is 0. The number of rotatable bonds is 5. The first kappa shape index (κ1) is 15.3. The Morgan fingerprint density at radius 3 is 2.29 bits per heavy atom. The monoisotopic (exact) mass is 282 g/mol. The van der Waals surface area contributed by atoms with Gasteiger partial charge in [0.05, 0.1) is 6.04 Å². The van der Waals surface area contributed by atoms with Crippen molar-refractivity contribution >= 4 is 5.91 Å². The molecule has 0 heterocycles. The number of benzene rings is 2. The molecule has 1 atom stereocenters. The van der Waals surface area contributed by atoms with E-state index in [0.29, 0.717) is 12.1 Å². The number of nitrogens with two attached hydrogens (primary N) is 1. The third-order valence-corrected chi connectivity index (χ3v) is 3.82. The van der Waals surface area contributed by atoms with Crippen molar-refractivity contribution in [3.05, 3.63) is 71.3 Å². The van der Waals surface area contributed by atoms with Crippen LogP contribution >= 0.6 is 0 Å². The summed E-state index contributed by atoms with van der Waals surface area (Å²) in [6.45, 7) is 2.66. The molecule has 21 heavy (non-hydrogen) atoms. The van der Waals surface area contributed by atoms with Gasteiger partial charge in [-0.2, -0.15) is 0 Å². The minimum atomic E-state index is 0.0330. The van der Waals surface area contributed by atoms with Crippen LogP contribution in [0.2, 0.25) is 0 Å². The largest absolute Gasteiger partial charge is 0.335 e. The smallest absolute Gasteiger partial charge is 0.254 e. The van der Waals surface area contributed by atoms with Gasteiger partial charge < -0.3 is 10.6 Å². The average Bonchev–Trinajstić information content (AvgIpc) is 2.54. The Labute approximate surface area is 126 Å². The average molecular weight is 282 g/mol. The van der Waals surface area contributed by atoms with Gasteiger partial charge in [-0.1, -0.05) is 42.5 Å². The van der Waals surface area contributed by atoms with E-state index in [4.69, 9.17) is 5.73 Å². The third kappa shape index (κ3) is 3.70. The molecule has 0 radical (unpaired) electrons. The first-order valence-corrected chi connectivity index (χ1v) is 7.24. The first-order chi connectivity index (χ1) is 10.1. The Bertz CT molecular complexity index is 578. The molecule has 0 aliphatic heterocycles. The Kier molecular flexibility index (Phi) is 5.12. The minimum Gasteiger partial charge on any atom is -0.335 e. The molecular formula is C18H22N2O. The Balaban J connectivity index is 2.11. The van der Waals surface area contributed by atoms with E-state index in [1.54, 1.807) is 4.90 Å². The van der Waals surface area contributed by atoms with E-state index < -0.39 is 0 Å². The molecule has 0 spiro atoms. The molecule has 2 N–H and O–H groups in total. The van der Waals surface area contributed by atoms with E-state index in [-0.39, 0.29) is 11.9 Å². The van der Waals surface area contributed by atoms with Crippen LogP contribution in [0.1, 0.15) is 34.5 Å². The zero-order valence-electron chi connectivity index (χ0n) is 12.6. The van der Waals surface area contributed by atoms with Crippen LogP contribution < -0.4 is 5.73 Å². The molecule has 2 rings (SSSR count). The van der Waals surface area contributed by atoms with Crippen molar-refractivity contribution < 1.29 is 4.79 Å². The molecular weight excluding hydrogens is 260 g/mol. The summed E-state index contributed by atoms with van der Waals surface area (Å²) in [5, 5.41) is 0. The lowest BCUT2D eigenvalue weighted by Crippen LogP contribution is -2.29. The highest BCUT2D eigenvalue weighted by Gasteiger charge is 2.18. The van der Waals surface area contributed by atoms with Crippen LogP contribution in [0.5, 0.6) is 0 Å². The van der Waals surface area contributed by atoms with Crippen LogP contribution in [-0.2, 0) is 6.42 Å². The molecule has 3 nitrogen and oxygen atoms in total. The van der Waals surface area contributed by atoms with Crippen LogP contribution in [-0.4, -0.2) is 24.4 Å². The molecule has 2 aromatic carbocycles. The Hall–Kier alpha value is -2.13. The van der Waals surface area contributed by atoms with Crippen molar-refractivity contribution in [2.75, 3.05) is 13.6 Å². The fourth-order valence-electron chi connectivity index (χ4n) is 2.32. The van der Waals surface area contributed by atoms with Crippen molar-refractivity contribution in [1.82, 2.24) is 4.90 Å². The highest BCUT2D eigenvalue weighted by Crippen LogP contribution is 2.20. The highest BCUT2D eigenvalue weighted by molar-refractivity contribution is 5.94. The van der Waals surface area contributed by atoms with Gasteiger partial charge in [-0.3, -0.25) is 4.79 Å². The van der Waals surface area contributed by atoms with Crippen LogP contribution in [0, 0.1) is 0 Å². The van der Waals surface area contributed by atoms with Crippen molar-refractivity contribution in [2.24, 2.45) is 5.73 Å². The van der Waals surface area contributed by atoms with Gasteiger partial charge in [0.1, 0.15) is 0 Å². The van der Waals surface area contributed by atoms with Crippen molar-refractivity contribution in [3.63, 3.8) is 0 Å². The van der Waals surface area contributed by atoms with Gasteiger partial charge in [-0.05, 0) is 43.1 Å². The van der Waals surface area contributed by atoms with E-state index in [0.717, 1.165) is 17.5 Å². The van der Waals surface area contributed by atoms with Crippen LogP contribution in [0.15, 0.2) is 54.6 Å². The molecule has 1 unspecified atom stereocenters. The molecule has 0 aliphatic rings. The SMILES string of the molecule is CC(c1ccccc1)N(C)C(=O)c1ccc(CCN)cc1. The molecule has 0 bridgehead atoms. The van der Waals surface area contributed by atoms with Crippen molar-refractivity contribution in [3.8, 4) is 0 Å². The summed E-state index contributed by atoms with van der Waals surface area (Å²) in [7, 11) is 1.84.